The smallest absolute Gasteiger partial charge is 0.244 e. The summed E-state index contributed by atoms with van der Waals surface area (Å²) in [6.07, 6.45) is 1.22. The van der Waals surface area contributed by atoms with Crippen LogP contribution in [0.15, 0.2) is 72.8 Å². The van der Waals surface area contributed by atoms with Crippen LogP contribution in [-0.2, 0) is 32.6 Å². The Bertz CT molecular complexity index is 1420. The molecule has 1 unspecified atom stereocenters. The normalized spacial score (nSPS) is 12.2. The van der Waals surface area contributed by atoms with E-state index in [2.05, 4.69) is 5.32 Å². The Balaban J connectivity index is 2.07. The van der Waals surface area contributed by atoms with Crippen LogP contribution in [0.25, 0.3) is 0 Å². The molecule has 2 amide bonds. The lowest BCUT2D eigenvalue weighted by molar-refractivity contribution is -0.140. The third kappa shape index (κ3) is 8.53. The molecule has 0 aliphatic heterocycles. The van der Waals surface area contributed by atoms with Crippen LogP contribution in [0.2, 0.25) is 5.02 Å². The van der Waals surface area contributed by atoms with Gasteiger partial charge in [-0.15, -0.1) is 0 Å². The van der Waals surface area contributed by atoms with E-state index >= 15 is 0 Å². The first-order valence-electron chi connectivity index (χ1n) is 12.9. The van der Waals surface area contributed by atoms with Crippen molar-refractivity contribution in [1.82, 2.24) is 10.2 Å². The maximum absolute atomic E-state index is 14.0. The molecule has 214 valence electrons. The van der Waals surface area contributed by atoms with Gasteiger partial charge in [-0.1, -0.05) is 74.0 Å². The largest absolute Gasteiger partial charge is 0.354 e. The SMILES string of the molecule is Cc1c(Cl)cccc1N(CC(=O)N(Cc1ccc(F)cc1)C(Cc1ccccc1)C(=O)NCC(C)C)S(C)(=O)=O. The van der Waals surface area contributed by atoms with Crippen LogP contribution in [0, 0.1) is 18.7 Å². The lowest BCUT2D eigenvalue weighted by Gasteiger charge is -2.34. The molecule has 1 N–H and O–H groups in total. The van der Waals surface area contributed by atoms with Gasteiger partial charge < -0.3 is 10.2 Å². The first kappa shape index (κ1) is 31.1. The zero-order chi connectivity index (χ0) is 29.4. The topological polar surface area (TPSA) is 86.8 Å². The van der Waals surface area contributed by atoms with Gasteiger partial charge in [0.05, 0.1) is 11.9 Å². The average Bonchev–Trinajstić information content (AvgIpc) is 2.90. The van der Waals surface area contributed by atoms with Crippen molar-refractivity contribution in [3.63, 3.8) is 0 Å². The molecule has 7 nitrogen and oxygen atoms in total. The van der Waals surface area contributed by atoms with Crippen molar-refractivity contribution in [1.29, 1.82) is 0 Å². The Kier molecular flexibility index (Phi) is 10.7. The Labute approximate surface area is 241 Å². The molecule has 0 saturated carbocycles. The summed E-state index contributed by atoms with van der Waals surface area (Å²) >= 11 is 6.27. The minimum Gasteiger partial charge on any atom is -0.354 e. The van der Waals surface area contributed by atoms with Gasteiger partial charge in [0.15, 0.2) is 0 Å². The molecular weight excluding hydrogens is 553 g/mol. The quantitative estimate of drug-likeness (QED) is 0.324. The zero-order valence-electron chi connectivity index (χ0n) is 23.1. The second-order valence-electron chi connectivity index (χ2n) is 10.1. The van der Waals surface area contributed by atoms with E-state index in [-0.39, 0.29) is 30.5 Å². The van der Waals surface area contributed by atoms with Gasteiger partial charge in [-0.05, 0) is 53.8 Å². The molecular formula is C30H35ClFN3O4S. The van der Waals surface area contributed by atoms with Gasteiger partial charge in [-0.2, -0.15) is 0 Å². The fraction of sp³-hybridized carbons (Fsp3) is 0.333. The molecule has 0 aliphatic carbocycles. The van der Waals surface area contributed by atoms with Gasteiger partial charge in [-0.25, -0.2) is 12.8 Å². The Morgan fingerprint density at radius 2 is 1.60 bits per heavy atom. The molecule has 0 aromatic heterocycles. The average molecular weight is 588 g/mol. The minimum atomic E-state index is -3.91. The van der Waals surface area contributed by atoms with E-state index in [0.717, 1.165) is 16.1 Å². The predicted octanol–water partition coefficient (Wildman–Crippen LogP) is 4.97. The number of carbonyl (C=O) groups excluding carboxylic acids is 2. The molecule has 3 aromatic rings. The van der Waals surface area contributed by atoms with Crippen LogP contribution in [0.3, 0.4) is 0 Å². The minimum absolute atomic E-state index is 0.0299. The second kappa shape index (κ2) is 13.8. The number of nitrogens with one attached hydrogen (secondary N) is 1. The van der Waals surface area contributed by atoms with E-state index in [1.807, 2.05) is 44.2 Å². The number of rotatable bonds is 12. The molecule has 0 fully saturated rings. The van der Waals surface area contributed by atoms with Gasteiger partial charge in [0, 0.05) is 24.5 Å². The van der Waals surface area contributed by atoms with Gasteiger partial charge in [0.1, 0.15) is 18.4 Å². The summed E-state index contributed by atoms with van der Waals surface area (Å²) in [5, 5.41) is 3.28. The van der Waals surface area contributed by atoms with E-state index < -0.39 is 34.3 Å². The fourth-order valence-corrected chi connectivity index (χ4v) is 5.29. The van der Waals surface area contributed by atoms with Crippen LogP contribution in [0.5, 0.6) is 0 Å². The van der Waals surface area contributed by atoms with Crippen molar-refractivity contribution in [2.24, 2.45) is 5.92 Å². The van der Waals surface area contributed by atoms with Gasteiger partial charge >= 0.3 is 0 Å². The van der Waals surface area contributed by atoms with Gasteiger partial charge in [0.25, 0.3) is 0 Å². The van der Waals surface area contributed by atoms with E-state index in [0.29, 0.717) is 22.7 Å². The summed E-state index contributed by atoms with van der Waals surface area (Å²) in [4.78, 5) is 29.0. The van der Waals surface area contributed by atoms with E-state index in [4.69, 9.17) is 11.6 Å². The summed E-state index contributed by atoms with van der Waals surface area (Å²) in [5.74, 6) is -1.21. The van der Waals surface area contributed by atoms with Crippen molar-refractivity contribution in [2.45, 2.75) is 39.8 Å². The Morgan fingerprint density at radius 1 is 0.950 bits per heavy atom. The summed E-state index contributed by atoms with van der Waals surface area (Å²) < 4.78 is 40.5. The van der Waals surface area contributed by atoms with Crippen molar-refractivity contribution in [2.75, 3.05) is 23.7 Å². The highest BCUT2D eigenvalue weighted by molar-refractivity contribution is 7.92. The van der Waals surface area contributed by atoms with Crippen LogP contribution in [-0.4, -0.2) is 50.5 Å². The van der Waals surface area contributed by atoms with Gasteiger partial charge in [-0.3, -0.25) is 13.9 Å². The highest BCUT2D eigenvalue weighted by Gasteiger charge is 2.33. The zero-order valence-corrected chi connectivity index (χ0v) is 24.7. The number of nitrogens with zero attached hydrogens (tertiary/aromatic N) is 2. The maximum atomic E-state index is 14.0. The lowest BCUT2D eigenvalue weighted by Crippen LogP contribution is -2.53. The first-order valence-corrected chi connectivity index (χ1v) is 15.2. The number of benzene rings is 3. The molecule has 40 heavy (non-hydrogen) atoms. The number of amides is 2. The Morgan fingerprint density at radius 3 is 2.20 bits per heavy atom. The third-order valence-corrected chi connectivity index (χ3v) is 7.94. The molecule has 0 saturated heterocycles. The number of halogens is 2. The van der Waals surface area contributed by atoms with Crippen LogP contribution in [0.1, 0.15) is 30.5 Å². The first-order chi connectivity index (χ1) is 18.9. The van der Waals surface area contributed by atoms with Crippen molar-refractivity contribution in [3.05, 3.63) is 100 Å². The van der Waals surface area contributed by atoms with Crippen molar-refractivity contribution in [3.8, 4) is 0 Å². The second-order valence-corrected chi connectivity index (χ2v) is 12.5. The summed E-state index contributed by atoms with van der Waals surface area (Å²) in [6, 6.07) is 18.8. The monoisotopic (exact) mass is 587 g/mol. The maximum Gasteiger partial charge on any atom is 0.244 e. The molecule has 3 aromatic carbocycles. The molecule has 3 rings (SSSR count). The van der Waals surface area contributed by atoms with Crippen LogP contribution < -0.4 is 9.62 Å². The molecule has 0 aliphatic rings. The van der Waals surface area contributed by atoms with Crippen LogP contribution >= 0.6 is 11.6 Å². The summed E-state index contributed by atoms with van der Waals surface area (Å²) in [6.45, 7) is 5.42. The fourth-order valence-electron chi connectivity index (χ4n) is 4.22. The molecule has 1 atom stereocenters. The lowest BCUT2D eigenvalue weighted by atomic mass is 10.0. The molecule has 0 spiro atoms. The van der Waals surface area contributed by atoms with Gasteiger partial charge in [0.2, 0.25) is 21.8 Å². The molecule has 0 heterocycles. The number of anilines is 1. The summed E-state index contributed by atoms with van der Waals surface area (Å²) in [5.41, 5.74) is 2.20. The van der Waals surface area contributed by atoms with E-state index in [1.165, 1.54) is 29.2 Å². The van der Waals surface area contributed by atoms with Crippen molar-refractivity contribution >= 4 is 39.1 Å². The van der Waals surface area contributed by atoms with E-state index in [1.54, 1.807) is 25.1 Å². The number of hydrogen-bond donors (Lipinski definition) is 1. The van der Waals surface area contributed by atoms with Crippen LogP contribution in [0.4, 0.5) is 10.1 Å². The van der Waals surface area contributed by atoms with Crippen molar-refractivity contribution < 1.29 is 22.4 Å². The third-order valence-electron chi connectivity index (χ3n) is 6.41. The molecule has 10 heteroatoms. The Hall–Kier alpha value is -3.43. The highest BCUT2D eigenvalue weighted by atomic mass is 35.5. The summed E-state index contributed by atoms with van der Waals surface area (Å²) in [7, 11) is -3.91. The highest BCUT2D eigenvalue weighted by Crippen LogP contribution is 2.28. The number of carbonyl (C=O) groups is 2. The number of sulfonamides is 1. The molecule has 0 radical (unpaired) electrons. The number of hydrogen-bond acceptors (Lipinski definition) is 4. The van der Waals surface area contributed by atoms with E-state index in [9.17, 15) is 22.4 Å². The standard InChI is InChI=1S/C30H35ClFN3O4S/c1-21(2)18-33-30(37)28(17-23-9-6-5-7-10-23)34(19-24-13-15-25(32)16-14-24)29(36)20-35(40(4,38)39)27-12-8-11-26(31)22(27)3/h5-16,21,28H,17-20H2,1-4H3,(H,33,37). The predicted molar refractivity (Wildman–Crippen MR) is 157 cm³/mol. The molecule has 0 bridgehead atoms.